The van der Waals surface area contributed by atoms with Crippen LogP contribution in [-0.2, 0) is 9.47 Å². The largest absolute Gasteiger partial charge is 0.385 e. The van der Waals surface area contributed by atoms with Crippen molar-refractivity contribution in [2.45, 2.75) is 6.42 Å². The van der Waals surface area contributed by atoms with Crippen LogP contribution in [0.3, 0.4) is 0 Å². The molecule has 0 aromatic carbocycles. The van der Waals surface area contributed by atoms with Crippen LogP contribution in [-0.4, -0.2) is 56.3 Å². The van der Waals surface area contributed by atoms with Gasteiger partial charge in [0.25, 0.3) is 5.91 Å². The number of amides is 1. The maximum Gasteiger partial charge on any atom is 0.254 e. The molecule has 106 valence electrons. The number of hydrogen-bond donors (Lipinski definition) is 0. The second-order valence-corrected chi connectivity index (χ2v) is 4.81. The number of carbonyl (C=O) groups excluding carboxylic acids is 1. The molecule has 19 heavy (non-hydrogen) atoms. The van der Waals surface area contributed by atoms with E-state index in [9.17, 15) is 4.79 Å². The van der Waals surface area contributed by atoms with Gasteiger partial charge < -0.3 is 14.4 Å². The Balaban J connectivity index is 2.69. The molecule has 6 heteroatoms. The van der Waals surface area contributed by atoms with Crippen LogP contribution in [0.25, 0.3) is 0 Å². The van der Waals surface area contributed by atoms with E-state index in [0.717, 1.165) is 6.42 Å². The molecule has 0 bridgehead atoms. The molecule has 1 amide bonds. The fourth-order valence-electron chi connectivity index (χ4n) is 1.63. The van der Waals surface area contributed by atoms with Gasteiger partial charge in [0.2, 0.25) is 0 Å². The molecule has 0 fully saturated rings. The van der Waals surface area contributed by atoms with Gasteiger partial charge in [-0.15, -0.1) is 0 Å². The Morgan fingerprint density at radius 1 is 1.32 bits per heavy atom. The summed E-state index contributed by atoms with van der Waals surface area (Å²) < 4.78 is 10.7. The van der Waals surface area contributed by atoms with Crippen LogP contribution >= 0.6 is 15.9 Å². The summed E-state index contributed by atoms with van der Waals surface area (Å²) in [5.74, 6) is -0.0174. The monoisotopic (exact) mass is 330 g/mol. The van der Waals surface area contributed by atoms with Crippen LogP contribution < -0.4 is 0 Å². The summed E-state index contributed by atoms with van der Waals surface area (Å²) in [6.45, 7) is 2.37. The highest BCUT2D eigenvalue weighted by Gasteiger charge is 2.15. The lowest BCUT2D eigenvalue weighted by Gasteiger charge is -2.22. The molecule has 0 saturated carbocycles. The fourth-order valence-corrected chi connectivity index (χ4v) is 2.00. The van der Waals surface area contributed by atoms with E-state index >= 15 is 0 Å². The minimum Gasteiger partial charge on any atom is -0.385 e. The first kappa shape index (κ1) is 16.1. The minimum absolute atomic E-state index is 0.0174. The van der Waals surface area contributed by atoms with Crippen molar-refractivity contribution >= 4 is 21.8 Å². The van der Waals surface area contributed by atoms with Crippen molar-refractivity contribution in [1.29, 1.82) is 0 Å². The Labute approximate surface area is 122 Å². The fraction of sp³-hybridized carbons (Fsp3) is 0.538. The van der Waals surface area contributed by atoms with E-state index < -0.39 is 0 Å². The summed E-state index contributed by atoms with van der Waals surface area (Å²) in [5, 5.41) is 0. The number of carbonyl (C=O) groups is 1. The lowest BCUT2D eigenvalue weighted by Crippen LogP contribution is -2.35. The van der Waals surface area contributed by atoms with Crippen LogP contribution in [0.1, 0.15) is 16.8 Å². The zero-order valence-corrected chi connectivity index (χ0v) is 12.9. The Bertz CT molecular complexity index is 401. The first-order chi connectivity index (χ1) is 9.19. The summed E-state index contributed by atoms with van der Waals surface area (Å²) in [4.78, 5) is 18.2. The summed E-state index contributed by atoms with van der Waals surface area (Å²) in [6.07, 6.45) is 2.42. The van der Waals surface area contributed by atoms with Crippen LogP contribution in [0.15, 0.2) is 22.9 Å². The average molecular weight is 331 g/mol. The number of aromatic nitrogens is 1. The highest BCUT2D eigenvalue weighted by atomic mass is 79.9. The maximum atomic E-state index is 12.4. The molecule has 1 aromatic heterocycles. The molecular weight excluding hydrogens is 312 g/mol. The summed E-state index contributed by atoms with van der Waals surface area (Å²) in [5.41, 5.74) is 0.621. The van der Waals surface area contributed by atoms with E-state index in [1.54, 1.807) is 37.4 Å². The lowest BCUT2D eigenvalue weighted by molar-refractivity contribution is 0.0674. The number of ether oxygens (including phenoxy) is 2. The van der Waals surface area contributed by atoms with Crippen molar-refractivity contribution in [1.82, 2.24) is 9.88 Å². The molecule has 0 aliphatic carbocycles. The molecule has 0 spiro atoms. The van der Waals surface area contributed by atoms with Crippen LogP contribution in [0, 0.1) is 0 Å². The van der Waals surface area contributed by atoms with Crippen molar-refractivity contribution in [3.63, 3.8) is 0 Å². The second kappa shape index (κ2) is 9.01. The number of rotatable bonds is 8. The Kier molecular flexibility index (Phi) is 7.62. The third-order valence-corrected chi connectivity index (χ3v) is 3.04. The zero-order valence-electron chi connectivity index (χ0n) is 11.3. The molecule has 0 atom stereocenters. The molecule has 1 heterocycles. The molecule has 0 aliphatic heterocycles. The van der Waals surface area contributed by atoms with Crippen LogP contribution in [0.5, 0.6) is 0 Å². The summed E-state index contributed by atoms with van der Waals surface area (Å²) in [7, 11) is 3.28. The van der Waals surface area contributed by atoms with Crippen LogP contribution in [0.2, 0.25) is 0 Å². The van der Waals surface area contributed by atoms with Crippen molar-refractivity contribution < 1.29 is 14.3 Å². The first-order valence-corrected chi connectivity index (χ1v) is 6.87. The normalized spacial score (nSPS) is 10.5. The van der Waals surface area contributed by atoms with E-state index in [1.165, 1.54) is 0 Å². The van der Waals surface area contributed by atoms with Crippen molar-refractivity contribution in [2.75, 3.05) is 40.5 Å². The van der Waals surface area contributed by atoms with Gasteiger partial charge in [0, 0.05) is 45.7 Å². The number of nitrogens with zero attached hydrogens (tertiary/aromatic N) is 2. The van der Waals surface area contributed by atoms with E-state index in [0.29, 0.717) is 36.5 Å². The molecule has 1 rings (SSSR count). The summed E-state index contributed by atoms with van der Waals surface area (Å²) >= 11 is 3.27. The number of methoxy groups -OCH3 is 2. The quantitative estimate of drug-likeness (QED) is 0.540. The molecule has 5 nitrogen and oxygen atoms in total. The van der Waals surface area contributed by atoms with Gasteiger partial charge in [-0.05, 0) is 34.5 Å². The van der Waals surface area contributed by atoms with Crippen molar-refractivity contribution in [3.05, 3.63) is 28.5 Å². The Hall–Kier alpha value is -0.980. The molecule has 0 aliphatic rings. The third kappa shape index (κ3) is 5.67. The Morgan fingerprint density at radius 2 is 2.05 bits per heavy atom. The predicted octanol–water partition coefficient (Wildman–Crippen LogP) is 1.97. The lowest BCUT2D eigenvalue weighted by atomic mass is 10.2. The molecule has 0 unspecified atom stereocenters. The van der Waals surface area contributed by atoms with E-state index in [1.807, 2.05) is 0 Å². The predicted molar refractivity (Wildman–Crippen MR) is 76.2 cm³/mol. The van der Waals surface area contributed by atoms with Crippen molar-refractivity contribution in [3.8, 4) is 0 Å². The molecule has 0 radical (unpaired) electrons. The van der Waals surface area contributed by atoms with Gasteiger partial charge >= 0.3 is 0 Å². The third-order valence-electron chi connectivity index (χ3n) is 2.60. The standard InChI is InChI=1S/C13H19BrN2O3/c1-18-8-3-6-16(7-9-19-2)13(17)11-4-5-15-12(14)10-11/h4-5,10H,3,6-9H2,1-2H3. The molecule has 0 N–H and O–H groups in total. The van der Waals surface area contributed by atoms with E-state index in [2.05, 4.69) is 20.9 Å². The van der Waals surface area contributed by atoms with Gasteiger partial charge in [0.05, 0.1) is 6.61 Å². The molecule has 0 saturated heterocycles. The summed E-state index contributed by atoms with van der Waals surface area (Å²) in [6, 6.07) is 3.43. The number of halogens is 1. The minimum atomic E-state index is -0.0174. The topological polar surface area (TPSA) is 51.7 Å². The SMILES string of the molecule is COCCCN(CCOC)C(=O)c1ccnc(Br)c1. The van der Waals surface area contributed by atoms with E-state index in [4.69, 9.17) is 9.47 Å². The first-order valence-electron chi connectivity index (χ1n) is 6.07. The molecule has 1 aromatic rings. The second-order valence-electron chi connectivity index (χ2n) is 4.00. The van der Waals surface area contributed by atoms with Gasteiger partial charge in [-0.25, -0.2) is 4.98 Å². The highest BCUT2D eigenvalue weighted by molar-refractivity contribution is 9.10. The van der Waals surface area contributed by atoms with E-state index in [-0.39, 0.29) is 5.91 Å². The molecular formula is C13H19BrN2O3. The van der Waals surface area contributed by atoms with Crippen LogP contribution in [0.4, 0.5) is 0 Å². The van der Waals surface area contributed by atoms with Gasteiger partial charge in [0.1, 0.15) is 4.60 Å². The average Bonchev–Trinajstić information content (AvgIpc) is 2.42. The highest BCUT2D eigenvalue weighted by Crippen LogP contribution is 2.11. The van der Waals surface area contributed by atoms with Gasteiger partial charge in [-0.1, -0.05) is 0 Å². The number of hydrogen-bond acceptors (Lipinski definition) is 4. The van der Waals surface area contributed by atoms with Crippen molar-refractivity contribution in [2.24, 2.45) is 0 Å². The van der Waals surface area contributed by atoms with Gasteiger partial charge in [-0.3, -0.25) is 4.79 Å². The zero-order chi connectivity index (χ0) is 14.1. The maximum absolute atomic E-state index is 12.4. The number of pyridine rings is 1. The Morgan fingerprint density at radius 3 is 2.68 bits per heavy atom. The van der Waals surface area contributed by atoms with Gasteiger partial charge in [0.15, 0.2) is 0 Å². The van der Waals surface area contributed by atoms with Gasteiger partial charge in [-0.2, -0.15) is 0 Å². The smallest absolute Gasteiger partial charge is 0.254 e.